The Balaban J connectivity index is 2.85. The zero-order chi connectivity index (χ0) is 10.6. The van der Waals surface area contributed by atoms with Crippen molar-refractivity contribution in [2.24, 2.45) is 5.92 Å². The van der Waals surface area contributed by atoms with Crippen molar-refractivity contribution in [1.29, 1.82) is 0 Å². The summed E-state index contributed by atoms with van der Waals surface area (Å²) >= 11 is 2.46. The van der Waals surface area contributed by atoms with Gasteiger partial charge in [0.1, 0.15) is 0 Å². The highest BCUT2D eigenvalue weighted by atomic mass is 127. The summed E-state index contributed by atoms with van der Waals surface area (Å²) in [6.45, 7) is 7.03. The van der Waals surface area contributed by atoms with Crippen molar-refractivity contribution in [1.82, 2.24) is 5.32 Å². The van der Waals surface area contributed by atoms with Crippen molar-refractivity contribution in [3.63, 3.8) is 0 Å². The van der Waals surface area contributed by atoms with Crippen LogP contribution < -0.4 is 5.32 Å². The lowest BCUT2D eigenvalue weighted by Gasteiger charge is -2.06. The van der Waals surface area contributed by atoms with Crippen LogP contribution in [-0.4, -0.2) is 17.5 Å². The van der Waals surface area contributed by atoms with Crippen LogP contribution in [0.1, 0.15) is 52.4 Å². The van der Waals surface area contributed by atoms with Gasteiger partial charge in [-0.15, -0.1) is 0 Å². The van der Waals surface area contributed by atoms with Crippen molar-refractivity contribution in [2.45, 2.75) is 52.4 Å². The predicted molar refractivity (Wildman–Crippen MR) is 74.3 cm³/mol. The molecule has 0 spiro atoms. The Morgan fingerprint density at radius 3 is 2.21 bits per heavy atom. The summed E-state index contributed by atoms with van der Waals surface area (Å²) in [5.41, 5.74) is 0. The SMILES string of the molecule is CC(C)CCCNCCCCCCI. The molecule has 0 radical (unpaired) electrons. The topological polar surface area (TPSA) is 12.0 Å². The van der Waals surface area contributed by atoms with Crippen LogP contribution in [0.5, 0.6) is 0 Å². The van der Waals surface area contributed by atoms with Gasteiger partial charge in [-0.3, -0.25) is 0 Å². The molecular weight excluding hydrogens is 285 g/mol. The molecule has 86 valence electrons. The molecule has 0 aromatic rings. The maximum atomic E-state index is 3.52. The number of hydrogen-bond donors (Lipinski definition) is 1. The summed E-state index contributed by atoms with van der Waals surface area (Å²) in [6.07, 6.45) is 8.27. The van der Waals surface area contributed by atoms with Crippen molar-refractivity contribution in [3.05, 3.63) is 0 Å². The second-order valence-corrected chi connectivity index (χ2v) is 5.47. The molecule has 0 rings (SSSR count). The molecule has 1 nitrogen and oxygen atoms in total. The van der Waals surface area contributed by atoms with Gasteiger partial charge in [-0.2, -0.15) is 0 Å². The molecule has 0 heterocycles. The van der Waals surface area contributed by atoms with Crippen LogP contribution in [0.15, 0.2) is 0 Å². The smallest absolute Gasteiger partial charge is 0.000473 e. The maximum absolute atomic E-state index is 3.52. The summed E-state index contributed by atoms with van der Waals surface area (Å²) in [5, 5.41) is 3.52. The Bertz CT molecular complexity index is 104. The lowest BCUT2D eigenvalue weighted by molar-refractivity contribution is 0.518. The number of alkyl halides is 1. The van der Waals surface area contributed by atoms with E-state index in [-0.39, 0.29) is 0 Å². The van der Waals surface area contributed by atoms with Gasteiger partial charge in [0.25, 0.3) is 0 Å². The van der Waals surface area contributed by atoms with E-state index in [2.05, 4.69) is 41.8 Å². The van der Waals surface area contributed by atoms with Gasteiger partial charge in [0.05, 0.1) is 0 Å². The highest BCUT2D eigenvalue weighted by Crippen LogP contribution is 2.03. The molecule has 0 bridgehead atoms. The number of rotatable bonds is 10. The quantitative estimate of drug-likeness (QED) is 0.365. The first-order valence-corrected chi connectivity index (χ1v) is 7.56. The lowest BCUT2D eigenvalue weighted by Crippen LogP contribution is -2.17. The summed E-state index contributed by atoms with van der Waals surface area (Å²) in [6, 6.07) is 0. The van der Waals surface area contributed by atoms with Crippen molar-refractivity contribution in [3.8, 4) is 0 Å². The van der Waals surface area contributed by atoms with E-state index in [1.165, 1.54) is 56.0 Å². The van der Waals surface area contributed by atoms with Gasteiger partial charge in [0.15, 0.2) is 0 Å². The van der Waals surface area contributed by atoms with Gasteiger partial charge in [-0.05, 0) is 49.1 Å². The zero-order valence-corrected chi connectivity index (χ0v) is 12.0. The molecule has 14 heavy (non-hydrogen) atoms. The summed E-state index contributed by atoms with van der Waals surface area (Å²) in [4.78, 5) is 0. The minimum Gasteiger partial charge on any atom is -0.317 e. The second kappa shape index (κ2) is 11.8. The van der Waals surface area contributed by atoms with E-state index >= 15 is 0 Å². The fourth-order valence-corrected chi connectivity index (χ4v) is 2.00. The fourth-order valence-electron chi connectivity index (χ4n) is 1.46. The summed E-state index contributed by atoms with van der Waals surface area (Å²) in [7, 11) is 0. The van der Waals surface area contributed by atoms with Crippen LogP contribution >= 0.6 is 22.6 Å². The van der Waals surface area contributed by atoms with Gasteiger partial charge < -0.3 is 5.32 Å². The number of unbranched alkanes of at least 4 members (excludes halogenated alkanes) is 3. The normalized spacial score (nSPS) is 11.1. The van der Waals surface area contributed by atoms with E-state index < -0.39 is 0 Å². The van der Waals surface area contributed by atoms with Crippen LogP contribution in [0.25, 0.3) is 0 Å². The third kappa shape index (κ3) is 12.7. The molecule has 0 aliphatic heterocycles. The maximum Gasteiger partial charge on any atom is -0.000473 e. The molecule has 0 aliphatic rings. The Morgan fingerprint density at radius 1 is 0.929 bits per heavy atom. The van der Waals surface area contributed by atoms with Gasteiger partial charge in [0.2, 0.25) is 0 Å². The highest BCUT2D eigenvalue weighted by molar-refractivity contribution is 14.1. The minimum atomic E-state index is 0.862. The molecular formula is C12H26IN. The van der Waals surface area contributed by atoms with Crippen molar-refractivity contribution in [2.75, 3.05) is 17.5 Å². The van der Waals surface area contributed by atoms with Crippen LogP contribution in [0.4, 0.5) is 0 Å². The monoisotopic (exact) mass is 311 g/mol. The van der Waals surface area contributed by atoms with E-state index in [0.29, 0.717) is 0 Å². The first kappa shape index (κ1) is 14.7. The van der Waals surface area contributed by atoms with E-state index in [1.54, 1.807) is 0 Å². The average molecular weight is 311 g/mol. The molecule has 0 aromatic heterocycles. The Hall–Kier alpha value is 0.690. The van der Waals surface area contributed by atoms with Gasteiger partial charge in [-0.1, -0.05) is 49.3 Å². The van der Waals surface area contributed by atoms with E-state index in [4.69, 9.17) is 0 Å². The standard InChI is InChI=1S/C12H26IN/c1-12(2)8-7-11-14-10-6-4-3-5-9-13/h12,14H,3-11H2,1-2H3. The van der Waals surface area contributed by atoms with Gasteiger partial charge in [-0.25, -0.2) is 0 Å². The molecule has 0 saturated heterocycles. The fraction of sp³-hybridized carbons (Fsp3) is 1.00. The first-order valence-electron chi connectivity index (χ1n) is 6.04. The molecule has 0 aromatic carbocycles. The first-order chi connectivity index (χ1) is 6.77. The summed E-state index contributed by atoms with van der Waals surface area (Å²) < 4.78 is 1.32. The third-order valence-electron chi connectivity index (χ3n) is 2.37. The average Bonchev–Trinajstić information content (AvgIpc) is 2.15. The third-order valence-corrected chi connectivity index (χ3v) is 3.14. The Labute approximate surface area is 104 Å². The van der Waals surface area contributed by atoms with E-state index in [1.807, 2.05) is 0 Å². The second-order valence-electron chi connectivity index (χ2n) is 4.39. The molecule has 0 aliphatic carbocycles. The van der Waals surface area contributed by atoms with E-state index in [9.17, 15) is 0 Å². The largest absolute Gasteiger partial charge is 0.317 e. The number of halogens is 1. The molecule has 1 N–H and O–H groups in total. The lowest BCUT2D eigenvalue weighted by atomic mass is 10.1. The van der Waals surface area contributed by atoms with Crippen LogP contribution in [0.2, 0.25) is 0 Å². The predicted octanol–water partition coefficient (Wildman–Crippen LogP) is 4.01. The summed E-state index contributed by atoms with van der Waals surface area (Å²) in [5.74, 6) is 0.862. The number of hydrogen-bond acceptors (Lipinski definition) is 1. The molecule has 0 amide bonds. The molecule has 0 saturated carbocycles. The number of nitrogens with one attached hydrogen (secondary N) is 1. The van der Waals surface area contributed by atoms with Crippen molar-refractivity contribution >= 4 is 22.6 Å². The van der Waals surface area contributed by atoms with Crippen LogP contribution in [0.3, 0.4) is 0 Å². The molecule has 0 unspecified atom stereocenters. The highest BCUT2D eigenvalue weighted by Gasteiger charge is 1.93. The Kier molecular flexibility index (Phi) is 12.3. The Morgan fingerprint density at radius 2 is 1.57 bits per heavy atom. The van der Waals surface area contributed by atoms with Gasteiger partial charge >= 0.3 is 0 Å². The molecule has 2 heteroatoms. The molecule has 0 fully saturated rings. The minimum absolute atomic E-state index is 0.862. The zero-order valence-electron chi connectivity index (χ0n) is 9.82. The van der Waals surface area contributed by atoms with Crippen molar-refractivity contribution < 1.29 is 0 Å². The van der Waals surface area contributed by atoms with Crippen LogP contribution in [0, 0.1) is 5.92 Å². The molecule has 0 atom stereocenters. The van der Waals surface area contributed by atoms with E-state index in [0.717, 1.165) is 5.92 Å². The van der Waals surface area contributed by atoms with Gasteiger partial charge in [0, 0.05) is 0 Å². The van der Waals surface area contributed by atoms with Crippen LogP contribution in [-0.2, 0) is 0 Å².